The molecular weight excluding hydrogens is 420 g/mol. The average Bonchev–Trinajstić information content (AvgIpc) is 3.29. The lowest BCUT2D eigenvalue weighted by atomic mass is 10.1. The largest absolute Gasteiger partial charge is 0.457 e. The predicted octanol–water partition coefficient (Wildman–Crippen LogP) is 3.04. The molecule has 0 spiro atoms. The van der Waals surface area contributed by atoms with Crippen LogP contribution in [0.5, 0.6) is 11.5 Å². The summed E-state index contributed by atoms with van der Waals surface area (Å²) < 4.78 is 11.1. The molecule has 0 bridgehead atoms. The quantitative estimate of drug-likeness (QED) is 0.522. The number of amides is 2. The number of para-hydroxylation sites is 1. The highest BCUT2D eigenvalue weighted by Crippen LogP contribution is 2.23. The van der Waals surface area contributed by atoms with Gasteiger partial charge in [-0.15, -0.1) is 0 Å². The Balaban J connectivity index is 1.37. The van der Waals surface area contributed by atoms with Crippen molar-refractivity contribution >= 4 is 11.8 Å². The monoisotopic (exact) mass is 448 g/mol. The number of carbonyl (C=O) groups is 2. The molecule has 2 N–H and O–H groups in total. The van der Waals surface area contributed by atoms with E-state index in [1.165, 1.54) is 0 Å². The lowest BCUT2D eigenvalue weighted by Gasteiger charge is -2.34. The van der Waals surface area contributed by atoms with Gasteiger partial charge in [0, 0.05) is 25.7 Å². The van der Waals surface area contributed by atoms with Crippen molar-refractivity contribution in [1.29, 1.82) is 0 Å². The zero-order chi connectivity index (χ0) is 23.0. The second-order valence-corrected chi connectivity index (χ2v) is 7.96. The maximum absolute atomic E-state index is 12.6. The van der Waals surface area contributed by atoms with Gasteiger partial charge in [0.1, 0.15) is 11.5 Å². The third-order valence-corrected chi connectivity index (χ3v) is 5.51. The zero-order valence-electron chi connectivity index (χ0n) is 18.6. The van der Waals surface area contributed by atoms with Gasteiger partial charge in [-0.05, 0) is 36.2 Å². The Morgan fingerprint density at radius 3 is 2.79 bits per heavy atom. The van der Waals surface area contributed by atoms with Crippen LogP contribution in [0.4, 0.5) is 0 Å². The van der Waals surface area contributed by atoms with Gasteiger partial charge in [-0.25, -0.2) is 0 Å². The van der Waals surface area contributed by atoms with E-state index in [4.69, 9.17) is 9.26 Å². The van der Waals surface area contributed by atoms with Crippen LogP contribution >= 0.6 is 0 Å². The third kappa shape index (κ3) is 6.20. The van der Waals surface area contributed by atoms with Crippen molar-refractivity contribution in [3.05, 3.63) is 77.7 Å². The highest BCUT2D eigenvalue weighted by molar-refractivity contribution is 5.88. The van der Waals surface area contributed by atoms with E-state index in [0.717, 1.165) is 29.2 Å². The SMILES string of the molecule is CCc1cc(CNC(=O)CC2C(=O)NCCN2Cc2cccc(Oc3ccccc3)c2)on1. The van der Waals surface area contributed by atoms with Gasteiger partial charge in [0.2, 0.25) is 11.8 Å². The fraction of sp³-hybridized carbons (Fsp3) is 0.320. The van der Waals surface area contributed by atoms with Crippen LogP contribution in [0.1, 0.15) is 30.4 Å². The number of carbonyl (C=O) groups excluding carboxylic acids is 2. The van der Waals surface area contributed by atoms with Crippen molar-refractivity contribution in [2.75, 3.05) is 13.1 Å². The van der Waals surface area contributed by atoms with Crippen LogP contribution in [0.2, 0.25) is 0 Å². The maximum Gasteiger partial charge on any atom is 0.237 e. The molecule has 2 heterocycles. The molecule has 33 heavy (non-hydrogen) atoms. The molecule has 8 heteroatoms. The van der Waals surface area contributed by atoms with E-state index in [0.29, 0.717) is 25.4 Å². The van der Waals surface area contributed by atoms with E-state index in [2.05, 4.69) is 15.8 Å². The molecule has 1 aliphatic rings. The van der Waals surface area contributed by atoms with Gasteiger partial charge in [0.25, 0.3) is 0 Å². The highest BCUT2D eigenvalue weighted by Gasteiger charge is 2.31. The molecule has 4 rings (SSSR count). The minimum atomic E-state index is -0.543. The van der Waals surface area contributed by atoms with Crippen molar-refractivity contribution in [2.45, 2.75) is 38.9 Å². The summed E-state index contributed by atoms with van der Waals surface area (Å²) in [5, 5.41) is 9.62. The van der Waals surface area contributed by atoms with Gasteiger partial charge in [0.15, 0.2) is 5.76 Å². The zero-order valence-corrected chi connectivity index (χ0v) is 18.6. The van der Waals surface area contributed by atoms with Gasteiger partial charge in [0.05, 0.1) is 24.7 Å². The Bertz CT molecular complexity index is 1080. The summed E-state index contributed by atoms with van der Waals surface area (Å²) in [6.07, 6.45) is 0.840. The van der Waals surface area contributed by atoms with Crippen LogP contribution < -0.4 is 15.4 Å². The Morgan fingerprint density at radius 2 is 2.00 bits per heavy atom. The number of ether oxygens (including phenoxy) is 1. The van der Waals surface area contributed by atoms with Gasteiger partial charge in [-0.1, -0.05) is 42.4 Å². The number of benzene rings is 2. The Morgan fingerprint density at radius 1 is 1.18 bits per heavy atom. The standard InChI is InChI=1S/C25H28N4O4/c1-2-19-14-22(33-28-19)16-27-24(30)15-23-25(31)26-11-12-29(23)17-18-7-6-10-21(13-18)32-20-8-4-3-5-9-20/h3-10,13-14,23H,2,11-12,15-17H2,1H3,(H,26,31)(H,27,30). The van der Waals surface area contributed by atoms with E-state index in [1.54, 1.807) is 0 Å². The molecule has 3 aromatic rings. The number of hydrogen-bond acceptors (Lipinski definition) is 6. The summed E-state index contributed by atoms with van der Waals surface area (Å²) >= 11 is 0. The first-order chi connectivity index (χ1) is 16.1. The summed E-state index contributed by atoms with van der Waals surface area (Å²) in [5.74, 6) is 1.74. The van der Waals surface area contributed by atoms with E-state index in [9.17, 15) is 9.59 Å². The van der Waals surface area contributed by atoms with Crippen molar-refractivity contribution in [3.8, 4) is 11.5 Å². The first-order valence-electron chi connectivity index (χ1n) is 11.2. The Labute approximate surface area is 192 Å². The summed E-state index contributed by atoms with van der Waals surface area (Å²) in [7, 11) is 0. The minimum absolute atomic E-state index is 0.0702. The van der Waals surface area contributed by atoms with Gasteiger partial charge in [-0.2, -0.15) is 0 Å². The molecule has 1 aliphatic heterocycles. The number of hydrogen-bond donors (Lipinski definition) is 2. The number of piperazine rings is 1. The Kier molecular flexibility index (Phi) is 7.36. The summed E-state index contributed by atoms with van der Waals surface area (Å²) in [6.45, 7) is 3.99. The minimum Gasteiger partial charge on any atom is -0.457 e. The summed E-state index contributed by atoms with van der Waals surface area (Å²) in [6, 6.07) is 18.7. The van der Waals surface area contributed by atoms with E-state index < -0.39 is 6.04 Å². The molecule has 1 saturated heterocycles. The van der Waals surface area contributed by atoms with Crippen molar-refractivity contribution in [2.24, 2.45) is 0 Å². The molecular formula is C25H28N4O4. The first-order valence-corrected chi connectivity index (χ1v) is 11.2. The molecule has 1 atom stereocenters. The molecule has 1 aromatic heterocycles. The third-order valence-electron chi connectivity index (χ3n) is 5.51. The molecule has 1 fully saturated rings. The molecule has 0 radical (unpaired) electrons. The second kappa shape index (κ2) is 10.8. The van der Waals surface area contributed by atoms with E-state index in [1.807, 2.05) is 72.5 Å². The van der Waals surface area contributed by atoms with Gasteiger partial charge < -0.3 is 19.9 Å². The van der Waals surface area contributed by atoms with E-state index >= 15 is 0 Å². The number of rotatable bonds is 9. The maximum atomic E-state index is 12.6. The fourth-order valence-corrected chi connectivity index (χ4v) is 3.78. The predicted molar refractivity (Wildman–Crippen MR) is 123 cm³/mol. The van der Waals surface area contributed by atoms with Crippen LogP contribution in [-0.4, -0.2) is 41.0 Å². The number of nitrogens with zero attached hydrogens (tertiary/aromatic N) is 2. The molecule has 2 aromatic carbocycles. The normalized spacial score (nSPS) is 16.3. The Hall–Kier alpha value is -3.65. The molecule has 8 nitrogen and oxygen atoms in total. The van der Waals surface area contributed by atoms with Crippen molar-refractivity contribution < 1.29 is 18.8 Å². The summed E-state index contributed by atoms with van der Waals surface area (Å²) in [5.41, 5.74) is 1.85. The number of aromatic nitrogens is 1. The first kappa shape index (κ1) is 22.5. The second-order valence-electron chi connectivity index (χ2n) is 7.96. The van der Waals surface area contributed by atoms with Crippen LogP contribution in [0.25, 0.3) is 0 Å². The van der Waals surface area contributed by atoms with Crippen LogP contribution in [0, 0.1) is 0 Å². The lowest BCUT2D eigenvalue weighted by Crippen LogP contribution is -2.56. The van der Waals surface area contributed by atoms with E-state index in [-0.39, 0.29) is 24.8 Å². The topological polar surface area (TPSA) is 96.7 Å². The number of nitrogens with one attached hydrogen (secondary N) is 2. The molecule has 172 valence electrons. The van der Waals surface area contributed by atoms with Crippen molar-refractivity contribution in [3.63, 3.8) is 0 Å². The van der Waals surface area contributed by atoms with Crippen LogP contribution in [0.15, 0.2) is 65.2 Å². The number of aryl methyl sites for hydroxylation is 1. The van der Waals surface area contributed by atoms with Crippen LogP contribution in [0.3, 0.4) is 0 Å². The molecule has 0 saturated carbocycles. The fourth-order valence-electron chi connectivity index (χ4n) is 3.78. The smallest absolute Gasteiger partial charge is 0.237 e. The van der Waals surface area contributed by atoms with Gasteiger partial charge >= 0.3 is 0 Å². The van der Waals surface area contributed by atoms with Crippen LogP contribution in [-0.2, 0) is 29.1 Å². The van der Waals surface area contributed by atoms with Crippen molar-refractivity contribution in [1.82, 2.24) is 20.7 Å². The average molecular weight is 449 g/mol. The molecule has 1 unspecified atom stereocenters. The van der Waals surface area contributed by atoms with Gasteiger partial charge in [-0.3, -0.25) is 14.5 Å². The molecule has 0 aliphatic carbocycles. The highest BCUT2D eigenvalue weighted by atomic mass is 16.5. The lowest BCUT2D eigenvalue weighted by molar-refractivity contribution is -0.134. The molecule has 2 amide bonds. The summed E-state index contributed by atoms with van der Waals surface area (Å²) in [4.78, 5) is 27.2.